The molecule has 2 aromatic rings. The molecular weight excluding hydrogens is 254 g/mol. The van der Waals surface area contributed by atoms with Gasteiger partial charge in [0, 0.05) is 12.5 Å². The van der Waals surface area contributed by atoms with Gasteiger partial charge in [-0.2, -0.15) is 11.3 Å². The van der Waals surface area contributed by atoms with Gasteiger partial charge in [0.15, 0.2) is 0 Å². The summed E-state index contributed by atoms with van der Waals surface area (Å²) in [7, 11) is 0. The maximum Gasteiger partial charge on any atom is 0.103 e. The first-order chi connectivity index (χ1) is 9.38. The van der Waals surface area contributed by atoms with Crippen LogP contribution in [0.3, 0.4) is 0 Å². The van der Waals surface area contributed by atoms with Crippen molar-refractivity contribution in [3.63, 3.8) is 0 Å². The zero-order valence-electron chi connectivity index (χ0n) is 11.6. The van der Waals surface area contributed by atoms with Crippen molar-refractivity contribution < 1.29 is 4.42 Å². The van der Waals surface area contributed by atoms with Gasteiger partial charge in [-0.05, 0) is 66.8 Å². The summed E-state index contributed by atoms with van der Waals surface area (Å²) >= 11 is 1.79. The maximum atomic E-state index is 5.41. The quantitative estimate of drug-likeness (QED) is 0.740. The molecule has 2 aromatic heterocycles. The first-order valence-corrected chi connectivity index (χ1v) is 8.09. The lowest BCUT2D eigenvalue weighted by Gasteiger charge is -2.17. The molecule has 0 amide bonds. The van der Waals surface area contributed by atoms with Crippen LogP contribution in [0, 0.1) is 0 Å². The molecule has 104 valence electrons. The van der Waals surface area contributed by atoms with E-state index in [4.69, 9.17) is 4.42 Å². The predicted octanol–water partition coefficient (Wildman–Crippen LogP) is 4.27. The largest absolute Gasteiger partial charge is 0.469 e. The van der Waals surface area contributed by atoms with Crippen molar-refractivity contribution in [2.24, 2.45) is 0 Å². The van der Waals surface area contributed by atoms with E-state index >= 15 is 0 Å². The molecule has 1 unspecified atom stereocenters. The highest BCUT2D eigenvalue weighted by Gasteiger charge is 2.09. The predicted molar refractivity (Wildman–Crippen MR) is 81.8 cm³/mol. The van der Waals surface area contributed by atoms with Gasteiger partial charge < -0.3 is 9.73 Å². The van der Waals surface area contributed by atoms with Crippen LogP contribution in [0.1, 0.15) is 37.5 Å². The molecule has 0 saturated carbocycles. The first kappa shape index (κ1) is 14.4. The minimum atomic E-state index is 0.588. The van der Waals surface area contributed by atoms with Crippen LogP contribution < -0.4 is 5.32 Å². The van der Waals surface area contributed by atoms with E-state index in [0.717, 1.165) is 25.1 Å². The minimum Gasteiger partial charge on any atom is -0.469 e. The van der Waals surface area contributed by atoms with Crippen molar-refractivity contribution in [3.05, 3.63) is 46.5 Å². The average Bonchev–Trinajstić information content (AvgIpc) is 3.11. The lowest BCUT2D eigenvalue weighted by Crippen LogP contribution is -2.30. The normalized spacial score (nSPS) is 12.7. The Kier molecular flexibility index (Phi) is 6.18. The standard InChI is InChI=1S/C16H23NOS/c1-2-10-17-15(6-5-14-9-12-19-13-14)7-8-16-4-3-11-18-16/h3-4,9,11-13,15,17H,2,5-8,10H2,1H3. The molecule has 0 saturated heterocycles. The molecule has 2 rings (SSSR count). The molecule has 0 spiro atoms. The van der Waals surface area contributed by atoms with E-state index in [1.165, 1.54) is 24.8 Å². The topological polar surface area (TPSA) is 25.2 Å². The molecule has 2 heterocycles. The van der Waals surface area contributed by atoms with E-state index in [9.17, 15) is 0 Å². The molecule has 1 atom stereocenters. The molecule has 0 bridgehead atoms. The Hall–Kier alpha value is -1.06. The molecule has 0 aliphatic heterocycles. The monoisotopic (exact) mass is 277 g/mol. The summed E-state index contributed by atoms with van der Waals surface area (Å²) in [6.07, 6.45) is 7.50. The Morgan fingerprint density at radius 3 is 2.84 bits per heavy atom. The van der Waals surface area contributed by atoms with Gasteiger partial charge in [0.1, 0.15) is 5.76 Å². The van der Waals surface area contributed by atoms with Crippen molar-refractivity contribution in [2.75, 3.05) is 6.54 Å². The number of hydrogen-bond donors (Lipinski definition) is 1. The van der Waals surface area contributed by atoms with E-state index in [2.05, 4.69) is 35.1 Å². The summed E-state index contributed by atoms with van der Waals surface area (Å²) in [4.78, 5) is 0. The van der Waals surface area contributed by atoms with Gasteiger partial charge in [0.25, 0.3) is 0 Å². The van der Waals surface area contributed by atoms with Gasteiger partial charge in [-0.25, -0.2) is 0 Å². The Morgan fingerprint density at radius 1 is 1.26 bits per heavy atom. The second-order valence-electron chi connectivity index (χ2n) is 4.94. The average molecular weight is 277 g/mol. The number of nitrogens with one attached hydrogen (secondary N) is 1. The SMILES string of the molecule is CCCNC(CCc1ccsc1)CCc1ccco1. The van der Waals surface area contributed by atoms with Crippen molar-refractivity contribution in [2.45, 2.75) is 45.1 Å². The van der Waals surface area contributed by atoms with Crippen LogP contribution in [-0.4, -0.2) is 12.6 Å². The van der Waals surface area contributed by atoms with Crippen LogP contribution in [0.5, 0.6) is 0 Å². The van der Waals surface area contributed by atoms with E-state index in [0.29, 0.717) is 6.04 Å². The van der Waals surface area contributed by atoms with Gasteiger partial charge in [-0.15, -0.1) is 0 Å². The summed E-state index contributed by atoms with van der Waals surface area (Å²) in [5.74, 6) is 1.10. The maximum absolute atomic E-state index is 5.41. The summed E-state index contributed by atoms with van der Waals surface area (Å²) in [6.45, 7) is 3.32. The molecule has 3 heteroatoms. The van der Waals surface area contributed by atoms with Crippen LogP contribution in [0.15, 0.2) is 39.6 Å². The van der Waals surface area contributed by atoms with E-state index < -0.39 is 0 Å². The number of rotatable bonds is 9. The van der Waals surface area contributed by atoms with E-state index in [1.807, 2.05) is 6.07 Å². The van der Waals surface area contributed by atoms with Gasteiger partial charge >= 0.3 is 0 Å². The molecule has 0 aromatic carbocycles. The second-order valence-corrected chi connectivity index (χ2v) is 5.72. The highest BCUT2D eigenvalue weighted by molar-refractivity contribution is 7.07. The highest BCUT2D eigenvalue weighted by Crippen LogP contribution is 2.13. The summed E-state index contributed by atoms with van der Waals surface area (Å²) < 4.78 is 5.41. The van der Waals surface area contributed by atoms with Gasteiger partial charge in [-0.3, -0.25) is 0 Å². The van der Waals surface area contributed by atoms with Crippen LogP contribution in [-0.2, 0) is 12.8 Å². The Bertz CT molecular complexity index is 383. The number of furan rings is 1. The summed E-state index contributed by atoms with van der Waals surface area (Å²) in [5.41, 5.74) is 1.46. The fraction of sp³-hybridized carbons (Fsp3) is 0.500. The fourth-order valence-corrected chi connectivity index (χ4v) is 2.95. The third-order valence-corrected chi connectivity index (χ3v) is 4.10. The fourth-order valence-electron chi connectivity index (χ4n) is 2.24. The smallest absolute Gasteiger partial charge is 0.103 e. The molecule has 0 aliphatic rings. The molecular formula is C16H23NOS. The number of hydrogen-bond acceptors (Lipinski definition) is 3. The van der Waals surface area contributed by atoms with Gasteiger partial charge in [0.2, 0.25) is 0 Å². The van der Waals surface area contributed by atoms with E-state index in [1.54, 1.807) is 17.6 Å². The van der Waals surface area contributed by atoms with Crippen LogP contribution >= 0.6 is 11.3 Å². The second kappa shape index (κ2) is 8.18. The van der Waals surface area contributed by atoms with Crippen LogP contribution in [0.4, 0.5) is 0 Å². The zero-order chi connectivity index (χ0) is 13.3. The Balaban J connectivity index is 1.77. The van der Waals surface area contributed by atoms with Crippen molar-refractivity contribution in [1.82, 2.24) is 5.32 Å². The lowest BCUT2D eigenvalue weighted by atomic mass is 10.0. The van der Waals surface area contributed by atoms with Crippen molar-refractivity contribution >= 4 is 11.3 Å². The number of aryl methyl sites for hydroxylation is 2. The lowest BCUT2D eigenvalue weighted by molar-refractivity contribution is 0.426. The molecule has 2 nitrogen and oxygen atoms in total. The minimum absolute atomic E-state index is 0.588. The molecule has 1 N–H and O–H groups in total. The van der Waals surface area contributed by atoms with Crippen LogP contribution in [0.25, 0.3) is 0 Å². The summed E-state index contributed by atoms with van der Waals surface area (Å²) in [6, 6.07) is 6.85. The van der Waals surface area contributed by atoms with Gasteiger partial charge in [-0.1, -0.05) is 6.92 Å². The third-order valence-electron chi connectivity index (χ3n) is 3.36. The molecule has 19 heavy (non-hydrogen) atoms. The number of thiophene rings is 1. The zero-order valence-corrected chi connectivity index (χ0v) is 12.4. The van der Waals surface area contributed by atoms with Crippen LogP contribution in [0.2, 0.25) is 0 Å². The Morgan fingerprint density at radius 2 is 2.16 bits per heavy atom. The first-order valence-electron chi connectivity index (χ1n) is 7.15. The van der Waals surface area contributed by atoms with Gasteiger partial charge in [0.05, 0.1) is 6.26 Å². The third kappa shape index (κ3) is 5.21. The summed E-state index contributed by atoms with van der Waals surface area (Å²) in [5, 5.41) is 8.07. The Labute approximate surface area is 119 Å². The van der Waals surface area contributed by atoms with Crippen molar-refractivity contribution in [3.8, 4) is 0 Å². The molecule has 0 radical (unpaired) electrons. The van der Waals surface area contributed by atoms with Crippen molar-refractivity contribution in [1.29, 1.82) is 0 Å². The van der Waals surface area contributed by atoms with E-state index in [-0.39, 0.29) is 0 Å². The highest BCUT2D eigenvalue weighted by atomic mass is 32.1. The molecule has 0 fully saturated rings. The molecule has 0 aliphatic carbocycles.